The molecule has 15 heavy (non-hydrogen) atoms. The maximum atomic E-state index is 11.0. The Balaban J connectivity index is 2.29. The zero-order valence-electron chi connectivity index (χ0n) is 8.74. The molecule has 2 heteroatoms. The van der Waals surface area contributed by atoms with E-state index < -0.39 is 5.97 Å². The zero-order valence-corrected chi connectivity index (χ0v) is 8.74. The summed E-state index contributed by atoms with van der Waals surface area (Å²) in [5, 5.41) is 11.0. The van der Waals surface area contributed by atoms with Crippen LogP contribution in [0.4, 0.5) is 0 Å². The highest BCUT2D eigenvalue weighted by Crippen LogP contribution is 2.34. The minimum atomic E-state index is -1.05. The molecule has 0 atom stereocenters. The molecule has 1 aliphatic rings. The fourth-order valence-electron chi connectivity index (χ4n) is 2.45. The van der Waals surface area contributed by atoms with Gasteiger partial charge in [0.15, 0.2) is 0 Å². The van der Waals surface area contributed by atoms with Gasteiger partial charge in [0, 0.05) is 0 Å². The van der Waals surface area contributed by atoms with Crippen molar-refractivity contribution in [3.63, 3.8) is 0 Å². The molecule has 0 spiro atoms. The third kappa shape index (κ3) is 2.20. The molecule has 2 rings (SSSR count). The van der Waals surface area contributed by atoms with Crippen molar-refractivity contribution in [3.05, 3.63) is 35.4 Å². The number of hydrogen-bond acceptors (Lipinski definition) is 1. The number of carbonyl (C=O) groups excluding carboxylic acids is 1. The molecule has 0 N–H and O–H groups in total. The summed E-state index contributed by atoms with van der Waals surface area (Å²) in [6, 6.07) is 7.26. The molecule has 1 aromatic rings. The Kier molecular flexibility index (Phi) is 3.05. The molecule has 1 fully saturated rings. The largest absolute Gasteiger partial charge is 0.386 e. The van der Waals surface area contributed by atoms with Crippen LogP contribution in [0.25, 0.3) is 0 Å². The van der Waals surface area contributed by atoms with E-state index in [2.05, 4.69) is 0 Å². The van der Waals surface area contributed by atoms with Crippen LogP contribution in [0.3, 0.4) is 0 Å². The van der Waals surface area contributed by atoms with Crippen LogP contribution >= 0.6 is 0 Å². The van der Waals surface area contributed by atoms with Gasteiger partial charge in [0.1, 0.15) is 0 Å². The number of carbonyl (C=O) groups is 1. The van der Waals surface area contributed by atoms with Crippen LogP contribution in [-0.2, 0) is 5.11 Å². The molecule has 1 aromatic carbocycles. The smallest absolute Gasteiger partial charge is 0.241 e. The SMILES string of the molecule is [O]C(=O)c1ccccc1C1CCCCC1. The van der Waals surface area contributed by atoms with Gasteiger partial charge in [-0.2, -0.15) is 0 Å². The quantitative estimate of drug-likeness (QED) is 0.726. The van der Waals surface area contributed by atoms with E-state index in [0.29, 0.717) is 11.5 Å². The highest BCUT2D eigenvalue weighted by molar-refractivity contribution is 5.89. The van der Waals surface area contributed by atoms with Crippen LogP contribution in [0.5, 0.6) is 0 Å². The van der Waals surface area contributed by atoms with E-state index in [1.165, 1.54) is 19.3 Å². The highest BCUT2D eigenvalue weighted by Gasteiger charge is 2.21. The average molecular weight is 203 g/mol. The van der Waals surface area contributed by atoms with Gasteiger partial charge in [0.25, 0.3) is 0 Å². The van der Waals surface area contributed by atoms with Gasteiger partial charge in [-0.05, 0) is 30.4 Å². The van der Waals surface area contributed by atoms with Crippen molar-refractivity contribution in [2.75, 3.05) is 0 Å². The number of benzene rings is 1. The molecule has 0 aromatic heterocycles. The van der Waals surface area contributed by atoms with Gasteiger partial charge in [-0.3, -0.25) is 0 Å². The summed E-state index contributed by atoms with van der Waals surface area (Å²) in [7, 11) is 0. The predicted octanol–water partition coefficient (Wildman–Crippen LogP) is 3.31. The minimum Gasteiger partial charge on any atom is -0.241 e. The molecular weight excluding hydrogens is 188 g/mol. The van der Waals surface area contributed by atoms with Gasteiger partial charge >= 0.3 is 5.97 Å². The summed E-state index contributed by atoms with van der Waals surface area (Å²) < 4.78 is 0. The summed E-state index contributed by atoms with van der Waals surface area (Å²) in [6.07, 6.45) is 5.94. The lowest BCUT2D eigenvalue weighted by Crippen LogP contribution is -2.09. The predicted molar refractivity (Wildman–Crippen MR) is 57.3 cm³/mol. The molecule has 0 aliphatic heterocycles. The Morgan fingerprint density at radius 1 is 1.07 bits per heavy atom. The van der Waals surface area contributed by atoms with Crippen molar-refractivity contribution in [2.24, 2.45) is 0 Å². The van der Waals surface area contributed by atoms with Crippen molar-refractivity contribution in [2.45, 2.75) is 38.0 Å². The average Bonchev–Trinajstić information content (AvgIpc) is 2.30. The van der Waals surface area contributed by atoms with Gasteiger partial charge < -0.3 is 0 Å². The zero-order chi connectivity index (χ0) is 10.7. The Labute approximate surface area is 89.9 Å². The van der Waals surface area contributed by atoms with E-state index in [1.54, 1.807) is 12.1 Å². The first-order valence-corrected chi connectivity index (χ1v) is 5.59. The Morgan fingerprint density at radius 2 is 1.73 bits per heavy atom. The molecule has 79 valence electrons. The summed E-state index contributed by atoms with van der Waals surface area (Å²) in [5.74, 6) is -0.621. The summed E-state index contributed by atoms with van der Waals surface area (Å²) >= 11 is 0. The molecule has 0 saturated heterocycles. The highest BCUT2D eigenvalue weighted by atomic mass is 16.4. The fraction of sp³-hybridized carbons (Fsp3) is 0.462. The van der Waals surface area contributed by atoms with Crippen LogP contribution in [-0.4, -0.2) is 5.97 Å². The summed E-state index contributed by atoms with van der Waals surface area (Å²) in [6.45, 7) is 0. The lowest BCUT2D eigenvalue weighted by Gasteiger charge is -2.22. The van der Waals surface area contributed by atoms with Crippen molar-refractivity contribution >= 4 is 5.97 Å². The second-order valence-electron chi connectivity index (χ2n) is 4.21. The number of hydrogen-bond donors (Lipinski definition) is 0. The summed E-state index contributed by atoms with van der Waals surface area (Å²) in [5.41, 5.74) is 1.35. The van der Waals surface area contributed by atoms with Gasteiger partial charge in [-0.15, -0.1) is 0 Å². The van der Waals surface area contributed by atoms with Crippen molar-refractivity contribution in [3.8, 4) is 0 Å². The normalized spacial score (nSPS) is 17.6. The molecule has 1 aliphatic carbocycles. The van der Waals surface area contributed by atoms with Crippen LogP contribution in [0, 0.1) is 0 Å². The first-order valence-electron chi connectivity index (χ1n) is 5.59. The van der Waals surface area contributed by atoms with E-state index in [1.807, 2.05) is 12.1 Å². The van der Waals surface area contributed by atoms with E-state index in [0.717, 1.165) is 18.4 Å². The van der Waals surface area contributed by atoms with Gasteiger partial charge in [-0.25, -0.2) is 9.90 Å². The van der Waals surface area contributed by atoms with Crippen molar-refractivity contribution < 1.29 is 9.90 Å². The summed E-state index contributed by atoms with van der Waals surface area (Å²) in [4.78, 5) is 11.0. The van der Waals surface area contributed by atoms with Crippen molar-refractivity contribution in [1.82, 2.24) is 0 Å². The Hall–Kier alpha value is -1.31. The first kappa shape index (κ1) is 10.2. The second kappa shape index (κ2) is 4.47. The molecule has 0 unspecified atom stereocenters. The molecule has 2 nitrogen and oxygen atoms in total. The monoisotopic (exact) mass is 203 g/mol. The molecule has 0 bridgehead atoms. The Bertz CT molecular complexity index is 351. The van der Waals surface area contributed by atoms with E-state index in [4.69, 9.17) is 0 Å². The second-order valence-corrected chi connectivity index (χ2v) is 4.21. The lowest BCUT2D eigenvalue weighted by atomic mass is 9.82. The molecule has 1 saturated carbocycles. The van der Waals surface area contributed by atoms with Gasteiger partial charge in [0.2, 0.25) is 0 Å². The molecule has 1 radical (unpaired) electrons. The number of rotatable bonds is 2. The maximum absolute atomic E-state index is 11.0. The first-order chi connectivity index (χ1) is 7.29. The van der Waals surface area contributed by atoms with E-state index >= 15 is 0 Å². The maximum Gasteiger partial charge on any atom is 0.386 e. The third-order valence-corrected chi connectivity index (χ3v) is 3.23. The standard InChI is InChI=1S/C13H15O2/c14-13(15)12-9-5-4-8-11(12)10-6-2-1-3-7-10/h4-5,8-10H,1-3,6-7H2. The van der Waals surface area contributed by atoms with Crippen LogP contribution < -0.4 is 0 Å². The lowest BCUT2D eigenvalue weighted by molar-refractivity contribution is 0.0571. The molecule has 0 amide bonds. The van der Waals surface area contributed by atoms with Crippen LogP contribution in [0.1, 0.15) is 53.9 Å². The van der Waals surface area contributed by atoms with E-state index in [-0.39, 0.29) is 0 Å². The molecule has 0 heterocycles. The Morgan fingerprint density at radius 3 is 2.40 bits per heavy atom. The minimum absolute atomic E-state index is 0.379. The van der Waals surface area contributed by atoms with Crippen LogP contribution in [0.2, 0.25) is 0 Å². The topological polar surface area (TPSA) is 37.0 Å². The fourth-order valence-corrected chi connectivity index (χ4v) is 2.45. The van der Waals surface area contributed by atoms with E-state index in [9.17, 15) is 9.90 Å². The van der Waals surface area contributed by atoms with Gasteiger partial charge in [0.05, 0.1) is 5.56 Å². The molecular formula is C13H15O2. The van der Waals surface area contributed by atoms with Crippen LogP contribution in [0.15, 0.2) is 24.3 Å². The third-order valence-electron chi connectivity index (χ3n) is 3.23. The van der Waals surface area contributed by atoms with Gasteiger partial charge in [-0.1, -0.05) is 37.5 Å². The van der Waals surface area contributed by atoms with Crippen molar-refractivity contribution in [1.29, 1.82) is 0 Å².